The lowest BCUT2D eigenvalue weighted by atomic mass is 10.1. The highest BCUT2D eigenvalue weighted by Gasteiger charge is 2.31. The van der Waals surface area contributed by atoms with Gasteiger partial charge in [-0.1, -0.05) is 0 Å². The van der Waals surface area contributed by atoms with Crippen LogP contribution >= 0.6 is 0 Å². The number of hydrogen-bond acceptors (Lipinski definition) is 4. The van der Waals surface area contributed by atoms with Crippen LogP contribution in [-0.2, 0) is 6.18 Å². The van der Waals surface area contributed by atoms with E-state index in [1.54, 1.807) is 36.4 Å². The highest BCUT2D eigenvalue weighted by molar-refractivity contribution is 6.00. The quantitative estimate of drug-likeness (QED) is 0.601. The number of allylic oxidation sites excluding steroid dienone is 2. The maximum Gasteiger partial charge on any atom is 0.416 e. The number of urea groups is 1. The molecule has 9 heteroatoms. The van der Waals surface area contributed by atoms with Crippen LogP contribution in [0.25, 0.3) is 0 Å². The topological polar surface area (TPSA) is 92.0 Å². The van der Waals surface area contributed by atoms with Crippen molar-refractivity contribution in [3.05, 3.63) is 65.4 Å². The third-order valence-electron chi connectivity index (χ3n) is 4.01. The molecule has 150 valence electrons. The van der Waals surface area contributed by atoms with Crippen molar-refractivity contribution in [2.75, 3.05) is 22.6 Å². The average Bonchev–Trinajstić information content (AvgIpc) is 2.67. The van der Waals surface area contributed by atoms with E-state index in [4.69, 9.17) is 10.7 Å². The zero-order valence-electron chi connectivity index (χ0n) is 15.6. The molecule has 2 amide bonds. The summed E-state index contributed by atoms with van der Waals surface area (Å²) in [5.74, 6) is 0. The zero-order chi connectivity index (χ0) is 21.6. The fraction of sp³-hybridized carbons (Fsp3) is 0.150. The molecule has 0 bridgehead atoms. The Morgan fingerprint density at radius 2 is 1.76 bits per heavy atom. The van der Waals surface area contributed by atoms with Crippen molar-refractivity contribution in [3.8, 4) is 6.07 Å². The summed E-state index contributed by atoms with van der Waals surface area (Å²) in [5.41, 5.74) is 0.723. The Labute approximate surface area is 165 Å². The summed E-state index contributed by atoms with van der Waals surface area (Å²) in [4.78, 5) is 14.0. The molecule has 6 nitrogen and oxygen atoms in total. The average molecular weight is 401 g/mol. The van der Waals surface area contributed by atoms with E-state index in [1.165, 1.54) is 6.21 Å². The first kappa shape index (κ1) is 21.5. The van der Waals surface area contributed by atoms with Crippen LogP contribution in [0, 0.1) is 16.7 Å². The number of nitriles is 1. The van der Waals surface area contributed by atoms with E-state index in [1.807, 2.05) is 18.9 Å². The minimum absolute atomic E-state index is 0.141. The number of anilines is 3. The molecule has 0 aliphatic rings. The lowest BCUT2D eigenvalue weighted by Gasteiger charge is -2.20. The van der Waals surface area contributed by atoms with Crippen LogP contribution < -0.4 is 15.5 Å². The maximum absolute atomic E-state index is 12.9. The lowest BCUT2D eigenvalue weighted by molar-refractivity contribution is -0.137. The molecule has 0 aliphatic carbocycles. The van der Waals surface area contributed by atoms with Gasteiger partial charge in [-0.25, -0.2) is 4.79 Å². The standard InChI is InChI=1S/C20H18F3N5O/c1-13(7-8-24)28(2)18-5-3-16(4-6-18)26-19(29)27-17-10-14(12-25)9-15(11-17)20(21,22)23/h3-11,24H,1-2H3,(H2,26,27,29)/b13-7+,24-8?. The minimum atomic E-state index is -4.63. The lowest BCUT2D eigenvalue weighted by Crippen LogP contribution is -2.20. The van der Waals surface area contributed by atoms with Gasteiger partial charge in [-0.15, -0.1) is 0 Å². The predicted molar refractivity (Wildman–Crippen MR) is 106 cm³/mol. The highest BCUT2D eigenvalue weighted by atomic mass is 19.4. The fourth-order valence-corrected chi connectivity index (χ4v) is 2.43. The Balaban J connectivity index is 2.11. The van der Waals surface area contributed by atoms with E-state index in [0.29, 0.717) is 11.8 Å². The van der Waals surface area contributed by atoms with Crippen LogP contribution in [0.3, 0.4) is 0 Å². The number of alkyl halides is 3. The number of amides is 2. The van der Waals surface area contributed by atoms with E-state index in [9.17, 15) is 18.0 Å². The third kappa shape index (κ3) is 5.84. The van der Waals surface area contributed by atoms with E-state index < -0.39 is 17.8 Å². The molecule has 0 saturated heterocycles. The van der Waals surface area contributed by atoms with Crippen molar-refractivity contribution in [1.82, 2.24) is 0 Å². The maximum atomic E-state index is 12.9. The van der Waals surface area contributed by atoms with Crippen LogP contribution in [0.5, 0.6) is 0 Å². The summed E-state index contributed by atoms with van der Waals surface area (Å²) in [6, 6.07) is 10.3. The Hall–Kier alpha value is -3.80. The molecule has 0 aliphatic heterocycles. The molecular formula is C20H18F3N5O. The third-order valence-corrected chi connectivity index (χ3v) is 4.01. The summed E-state index contributed by atoms with van der Waals surface area (Å²) < 4.78 is 38.8. The number of rotatable bonds is 5. The second-order valence-electron chi connectivity index (χ2n) is 6.07. The Bertz CT molecular complexity index is 975. The van der Waals surface area contributed by atoms with Crippen molar-refractivity contribution in [2.45, 2.75) is 13.1 Å². The molecule has 0 radical (unpaired) electrons. The molecule has 0 spiro atoms. The fourth-order valence-electron chi connectivity index (χ4n) is 2.43. The summed E-state index contributed by atoms with van der Waals surface area (Å²) in [7, 11) is 1.82. The van der Waals surface area contributed by atoms with Crippen LogP contribution in [0.4, 0.5) is 35.0 Å². The van der Waals surface area contributed by atoms with Crippen LogP contribution in [0.15, 0.2) is 54.2 Å². The predicted octanol–water partition coefficient (Wildman–Crippen LogP) is 5.21. The molecule has 0 heterocycles. The largest absolute Gasteiger partial charge is 0.416 e. The molecule has 3 N–H and O–H groups in total. The summed E-state index contributed by atoms with van der Waals surface area (Å²) >= 11 is 0. The van der Waals surface area contributed by atoms with E-state index >= 15 is 0 Å². The van der Waals surface area contributed by atoms with Gasteiger partial charge in [-0.05, 0) is 55.5 Å². The van der Waals surface area contributed by atoms with Crippen molar-refractivity contribution in [2.24, 2.45) is 0 Å². The SMILES string of the molecule is C/C(=C\C=N)N(C)c1ccc(NC(=O)Nc2cc(C#N)cc(C(F)(F)F)c2)cc1. The van der Waals surface area contributed by atoms with Crippen molar-refractivity contribution in [3.63, 3.8) is 0 Å². The minimum Gasteiger partial charge on any atom is -0.348 e. The van der Waals surface area contributed by atoms with Gasteiger partial charge in [0, 0.05) is 36.0 Å². The normalized spacial score (nSPS) is 11.4. The highest BCUT2D eigenvalue weighted by Crippen LogP contribution is 2.32. The van der Waals surface area contributed by atoms with Crippen LogP contribution in [0.2, 0.25) is 0 Å². The number of carbonyl (C=O) groups is 1. The number of benzene rings is 2. The monoisotopic (exact) mass is 401 g/mol. The molecular weight excluding hydrogens is 383 g/mol. The second kappa shape index (κ2) is 8.93. The van der Waals surface area contributed by atoms with Crippen molar-refractivity contribution < 1.29 is 18.0 Å². The van der Waals surface area contributed by atoms with Gasteiger partial charge in [-0.3, -0.25) is 0 Å². The number of halogens is 3. The molecule has 0 fully saturated rings. The Morgan fingerprint density at radius 3 is 2.31 bits per heavy atom. The van der Waals surface area contributed by atoms with Gasteiger partial charge in [0.1, 0.15) is 0 Å². The van der Waals surface area contributed by atoms with Gasteiger partial charge >= 0.3 is 12.2 Å². The molecule has 0 unspecified atom stereocenters. The number of hydrogen-bond donors (Lipinski definition) is 3. The van der Waals surface area contributed by atoms with Gasteiger partial charge in [0.25, 0.3) is 0 Å². The molecule has 29 heavy (non-hydrogen) atoms. The number of nitrogens with one attached hydrogen (secondary N) is 3. The molecule has 0 atom stereocenters. The second-order valence-corrected chi connectivity index (χ2v) is 6.07. The molecule has 0 aromatic heterocycles. The van der Waals surface area contributed by atoms with Gasteiger partial charge in [0.05, 0.1) is 17.2 Å². The molecule has 0 saturated carbocycles. The van der Waals surface area contributed by atoms with Gasteiger partial charge < -0.3 is 20.9 Å². The number of carbonyl (C=O) groups excluding carboxylic acids is 1. The van der Waals surface area contributed by atoms with Crippen LogP contribution in [-0.4, -0.2) is 19.3 Å². The molecule has 2 aromatic carbocycles. The summed E-state index contributed by atoms with van der Waals surface area (Å²) in [6.07, 6.45) is -1.83. The first-order valence-electron chi connectivity index (χ1n) is 8.35. The van der Waals surface area contributed by atoms with Crippen LogP contribution in [0.1, 0.15) is 18.1 Å². The van der Waals surface area contributed by atoms with Crippen molar-refractivity contribution >= 4 is 29.3 Å². The van der Waals surface area contributed by atoms with E-state index in [0.717, 1.165) is 23.5 Å². The smallest absolute Gasteiger partial charge is 0.348 e. The van der Waals surface area contributed by atoms with Gasteiger partial charge in [0.2, 0.25) is 0 Å². The summed E-state index contributed by atoms with van der Waals surface area (Å²) in [5, 5.41) is 20.8. The molecule has 2 rings (SSSR count). The zero-order valence-corrected chi connectivity index (χ0v) is 15.6. The van der Waals surface area contributed by atoms with Crippen molar-refractivity contribution in [1.29, 1.82) is 10.7 Å². The Morgan fingerprint density at radius 1 is 1.14 bits per heavy atom. The van der Waals surface area contributed by atoms with Gasteiger partial charge in [-0.2, -0.15) is 18.4 Å². The number of nitrogens with zero attached hydrogens (tertiary/aromatic N) is 2. The Kier molecular flexibility index (Phi) is 6.62. The van der Waals surface area contributed by atoms with Gasteiger partial charge in [0.15, 0.2) is 0 Å². The van der Waals surface area contributed by atoms with E-state index in [2.05, 4.69) is 10.6 Å². The first-order chi connectivity index (χ1) is 13.6. The summed E-state index contributed by atoms with van der Waals surface area (Å²) in [6.45, 7) is 1.84. The molecule has 2 aromatic rings. The van der Waals surface area contributed by atoms with E-state index in [-0.39, 0.29) is 11.3 Å². The first-order valence-corrected chi connectivity index (χ1v) is 8.35.